The smallest absolute Gasteiger partial charge is 0.419 e. The number of nitrogens with one attached hydrogen (secondary N) is 1. The molecule has 11 heteroatoms. The maximum absolute atomic E-state index is 13.0. The van der Waals surface area contributed by atoms with Crippen molar-refractivity contribution in [3.05, 3.63) is 29.2 Å². The normalized spacial score (nSPS) is 12.2. The molecule has 0 radical (unpaired) electrons. The summed E-state index contributed by atoms with van der Waals surface area (Å²) < 4.78 is 39.0. The van der Waals surface area contributed by atoms with Crippen LogP contribution in [0.2, 0.25) is 0 Å². The number of carboxylic acids is 1. The van der Waals surface area contributed by atoms with Crippen LogP contribution in [-0.2, 0) is 18.3 Å². The molecule has 2 heterocycles. The highest BCUT2D eigenvalue weighted by molar-refractivity contribution is 5.86. The van der Waals surface area contributed by atoms with E-state index in [2.05, 4.69) is 25.7 Å². The lowest BCUT2D eigenvalue weighted by Gasteiger charge is -2.15. The van der Waals surface area contributed by atoms with Crippen molar-refractivity contribution < 1.29 is 23.1 Å². The minimum Gasteiger partial charge on any atom is -0.477 e. The van der Waals surface area contributed by atoms with Crippen LogP contribution in [0, 0.1) is 0 Å². The number of nitrogens with zero attached hydrogens (tertiary/aromatic N) is 5. The fourth-order valence-electron chi connectivity index (χ4n) is 1.70. The van der Waals surface area contributed by atoms with E-state index in [9.17, 15) is 18.0 Å². The van der Waals surface area contributed by atoms with Crippen LogP contribution >= 0.6 is 0 Å². The van der Waals surface area contributed by atoms with Crippen LogP contribution in [0.1, 0.15) is 42.6 Å². The molecule has 2 aromatic rings. The Hall–Kier alpha value is -2.72. The van der Waals surface area contributed by atoms with Crippen LogP contribution in [0.5, 0.6) is 0 Å². The molecule has 0 bridgehead atoms. The third-order valence-corrected chi connectivity index (χ3v) is 2.89. The largest absolute Gasteiger partial charge is 0.477 e. The van der Waals surface area contributed by atoms with Crippen LogP contribution in [-0.4, -0.2) is 36.3 Å². The zero-order valence-corrected chi connectivity index (χ0v) is 13.1. The Bertz CT molecular complexity index is 751. The molecule has 130 valence electrons. The Kier molecular flexibility index (Phi) is 4.45. The minimum atomic E-state index is -4.68. The lowest BCUT2D eigenvalue weighted by Crippen LogP contribution is -2.24. The minimum absolute atomic E-state index is 0.153. The van der Waals surface area contributed by atoms with E-state index in [1.807, 2.05) is 20.8 Å². The Morgan fingerprint density at radius 1 is 1.29 bits per heavy atom. The van der Waals surface area contributed by atoms with Crippen LogP contribution in [0.4, 0.5) is 19.0 Å². The summed E-state index contributed by atoms with van der Waals surface area (Å²) in [5.74, 6) is -1.88. The van der Waals surface area contributed by atoms with Gasteiger partial charge in [0.1, 0.15) is 5.82 Å². The lowest BCUT2D eigenvalue weighted by atomic mass is 10.1. The second kappa shape index (κ2) is 6.06. The molecule has 0 aliphatic heterocycles. The molecule has 2 N–H and O–H groups in total. The SMILES string of the molecule is CC(C)(C)n1nnc(CNc2nc(C(=O)O)ccc2C(F)(F)F)n1. The van der Waals surface area contributed by atoms with Gasteiger partial charge in [0.25, 0.3) is 0 Å². The number of tetrazole rings is 1. The third-order valence-electron chi connectivity index (χ3n) is 2.89. The molecule has 0 atom stereocenters. The van der Waals surface area contributed by atoms with E-state index >= 15 is 0 Å². The quantitative estimate of drug-likeness (QED) is 0.875. The Balaban J connectivity index is 2.26. The van der Waals surface area contributed by atoms with E-state index in [-0.39, 0.29) is 12.4 Å². The van der Waals surface area contributed by atoms with Crippen molar-refractivity contribution in [1.29, 1.82) is 0 Å². The molecule has 0 saturated carbocycles. The topological polar surface area (TPSA) is 106 Å². The molecule has 0 spiro atoms. The number of halogens is 3. The molecular weight excluding hydrogens is 329 g/mol. The molecule has 2 rings (SSSR count). The molecule has 8 nitrogen and oxygen atoms in total. The maximum atomic E-state index is 13.0. The fourth-order valence-corrected chi connectivity index (χ4v) is 1.70. The van der Waals surface area contributed by atoms with Crippen LogP contribution in [0.25, 0.3) is 0 Å². The van der Waals surface area contributed by atoms with Gasteiger partial charge >= 0.3 is 12.1 Å². The van der Waals surface area contributed by atoms with E-state index in [0.29, 0.717) is 6.07 Å². The van der Waals surface area contributed by atoms with E-state index in [4.69, 9.17) is 5.11 Å². The van der Waals surface area contributed by atoms with Gasteiger partial charge in [0.15, 0.2) is 11.5 Å². The number of anilines is 1. The van der Waals surface area contributed by atoms with Crippen molar-refractivity contribution in [3.8, 4) is 0 Å². The summed E-state index contributed by atoms with van der Waals surface area (Å²) in [5, 5.41) is 22.9. The van der Waals surface area contributed by atoms with E-state index in [1.54, 1.807) is 0 Å². The summed E-state index contributed by atoms with van der Waals surface area (Å²) in [5.41, 5.74) is -2.00. The van der Waals surface area contributed by atoms with Crippen molar-refractivity contribution in [2.45, 2.75) is 39.0 Å². The van der Waals surface area contributed by atoms with Crippen LogP contribution in [0.3, 0.4) is 0 Å². The van der Waals surface area contributed by atoms with Gasteiger partial charge in [0, 0.05) is 0 Å². The Morgan fingerprint density at radius 3 is 2.46 bits per heavy atom. The number of alkyl halides is 3. The number of pyridine rings is 1. The predicted molar refractivity (Wildman–Crippen MR) is 76.3 cm³/mol. The number of hydrogen-bond donors (Lipinski definition) is 2. The van der Waals surface area contributed by atoms with Gasteiger partial charge in [0.2, 0.25) is 0 Å². The number of rotatable bonds is 4. The van der Waals surface area contributed by atoms with Gasteiger partial charge in [-0.1, -0.05) is 0 Å². The number of aromatic carboxylic acids is 1. The first kappa shape index (κ1) is 17.6. The number of carbonyl (C=O) groups is 1. The highest BCUT2D eigenvalue weighted by Crippen LogP contribution is 2.34. The average molecular weight is 344 g/mol. The van der Waals surface area contributed by atoms with Gasteiger partial charge < -0.3 is 10.4 Å². The molecule has 0 aliphatic carbocycles. The first-order valence-electron chi connectivity index (χ1n) is 6.83. The van der Waals surface area contributed by atoms with Gasteiger partial charge in [-0.05, 0) is 38.1 Å². The molecule has 0 saturated heterocycles. The average Bonchev–Trinajstić information content (AvgIpc) is 2.92. The van der Waals surface area contributed by atoms with Crippen molar-refractivity contribution in [1.82, 2.24) is 25.2 Å². The second-order valence-electron chi connectivity index (χ2n) is 5.92. The first-order valence-corrected chi connectivity index (χ1v) is 6.83. The predicted octanol–water partition coefficient (Wildman–Crippen LogP) is 2.15. The second-order valence-corrected chi connectivity index (χ2v) is 5.92. The number of hydrogen-bond acceptors (Lipinski definition) is 6. The lowest BCUT2D eigenvalue weighted by molar-refractivity contribution is -0.137. The van der Waals surface area contributed by atoms with Gasteiger partial charge in [0.05, 0.1) is 17.6 Å². The summed E-state index contributed by atoms with van der Waals surface area (Å²) in [7, 11) is 0. The molecular formula is C13H15F3N6O2. The van der Waals surface area contributed by atoms with Gasteiger partial charge in [-0.25, -0.2) is 9.78 Å². The molecule has 2 aromatic heterocycles. The molecule has 0 fully saturated rings. The van der Waals surface area contributed by atoms with Crippen molar-refractivity contribution >= 4 is 11.8 Å². The maximum Gasteiger partial charge on any atom is 0.419 e. The fraction of sp³-hybridized carbons (Fsp3) is 0.462. The summed E-state index contributed by atoms with van der Waals surface area (Å²) in [6.45, 7) is 5.33. The zero-order valence-electron chi connectivity index (χ0n) is 13.1. The number of carboxylic acid groups (broad SMARTS) is 1. The summed E-state index contributed by atoms with van der Waals surface area (Å²) >= 11 is 0. The van der Waals surface area contributed by atoms with E-state index in [1.165, 1.54) is 4.80 Å². The molecule has 0 amide bonds. The van der Waals surface area contributed by atoms with E-state index in [0.717, 1.165) is 6.07 Å². The summed E-state index contributed by atoms with van der Waals surface area (Å²) in [4.78, 5) is 15.7. The van der Waals surface area contributed by atoms with Crippen LogP contribution < -0.4 is 5.32 Å². The van der Waals surface area contributed by atoms with Gasteiger partial charge in [-0.2, -0.15) is 18.0 Å². The zero-order chi connectivity index (χ0) is 18.1. The van der Waals surface area contributed by atoms with Crippen molar-refractivity contribution in [3.63, 3.8) is 0 Å². The highest BCUT2D eigenvalue weighted by atomic mass is 19.4. The van der Waals surface area contributed by atoms with Gasteiger partial charge in [-0.15, -0.1) is 10.2 Å². The Labute approximate surface area is 134 Å². The summed E-state index contributed by atoms with van der Waals surface area (Å²) in [6.07, 6.45) is -4.68. The summed E-state index contributed by atoms with van der Waals surface area (Å²) in [6, 6.07) is 1.46. The number of aromatic nitrogens is 5. The van der Waals surface area contributed by atoms with E-state index < -0.39 is 34.8 Å². The third kappa shape index (κ3) is 3.97. The molecule has 0 aromatic carbocycles. The standard InChI is InChI=1S/C13H15F3N6O2/c1-12(2,3)22-20-9(19-21-22)6-17-10-7(13(14,15)16)4-5-8(18-10)11(23)24/h4-5H,6H2,1-3H3,(H,17,18)(H,23,24). The molecule has 24 heavy (non-hydrogen) atoms. The van der Waals surface area contributed by atoms with Crippen molar-refractivity contribution in [2.24, 2.45) is 0 Å². The van der Waals surface area contributed by atoms with Gasteiger partial charge in [-0.3, -0.25) is 0 Å². The highest BCUT2D eigenvalue weighted by Gasteiger charge is 2.35. The van der Waals surface area contributed by atoms with Crippen LogP contribution in [0.15, 0.2) is 12.1 Å². The molecule has 0 unspecified atom stereocenters. The monoisotopic (exact) mass is 344 g/mol. The Morgan fingerprint density at radius 2 is 1.96 bits per heavy atom. The molecule has 0 aliphatic rings. The van der Waals surface area contributed by atoms with Crippen molar-refractivity contribution in [2.75, 3.05) is 5.32 Å². The first-order chi connectivity index (χ1) is 11.0.